The van der Waals surface area contributed by atoms with Crippen molar-refractivity contribution in [1.29, 1.82) is 5.26 Å². The van der Waals surface area contributed by atoms with Crippen LogP contribution < -0.4 is 5.32 Å². The van der Waals surface area contributed by atoms with Crippen LogP contribution in [0, 0.1) is 11.3 Å². The first kappa shape index (κ1) is 15.6. The Labute approximate surface area is 131 Å². The van der Waals surface area contributed by atoms with Crippen molar-refractivity contribution in [2.24, 2.45) is 4.99 Å². The molecule has 0 saturated heterocycles. The van der Waals surface area contributed by atoms with Gasteiger partial charge in [0.05, 0.1) is 11.6 Å². The summed E-state index contributed by atoms with van der Waals surface area (Å²) < 4.78 is 0. The zero-order chi connectivity index (χ0) is 15.8. The van der Waals surface area contributed by atoms with Crippen LogP contribution in [0.5, 0.6) is 0 Å². The normalized spacial score (nSPS) is 10.9. The molecule has 0 aromatic heterocycles. The van der Waals surface area contributed by atoms with Crippen LogP contribution in [0.25, 0.3) is 0 Å². The molecule has 4 heteroatoms. The Morgan fingerprint density at radius 2 is 1.77 bits per heavy atom. The summed E-state index contributed by atoms with van der Waals surface area (Å²) in [5, 5.41) is 12.1. The summed E-state index contributed by atoms with van der Waals surface area (Å²) in [7, 11) is 3.80. The van der Waals surface area contributed by atoms with E-state index in [1.165, 1.54) is 5.56 Å². The van der Waals surface area contributed by atoms with Crippen molar-refractivity contribution in [2.75, 3.05) is 14.1 Å². The van der Waals surface area contributed by atoms with Gasteiger partial charge in [-0.2, -0.15) is 5.26 Å². The van der Waals surface area contributed by atoms with E-state index in [1.54, 1.807) is 7.05 Å². The molecule has 0 amide bonds. The first-order valence-corrected chi connectivity index (χ1v) is 7.17. The lowest BCUT2D eigenvalue weighted by atomic mass is 10.1. The highest BCUT2D eigenvalue weighted by molar-refractivity contribution is 5.79. The summed E-state index contributed by atoms with van der Waals surface area (Å²) in [6, 6.07) is 20.0. The Balaban J connectivity index is 1.92. The Bertz CT molecular complexity index is 654. The van der Waals surface area contributed by atoms with E-state index in [1.807, 2.05) is 49.5 Å². The SMILES string of the molecule is CN=C(NCc1ccc(C#N)cc1)N(C)Cc1ccccc1. The van der Waals surface area contributed by atoms with E-state index in [2.05, 4.69) is 33.4 Å². The number of hydrogen-bond acceptors (Lipinski definition) is 2. The maximum atomic E-state index is 8.81. The molecule has 0 bridgehead atoms. The molecule has 4 nitrogen and oxygen atoms in total. The summed E-state index contributed by atoms with van der Waals surface area (Å²) >= 11 is 0. The predicted octanol–water partition coefficient (Wildman–Crippen LogP) is 2.77. The molecule has 0 unspecified atom stereocenters. The van der Waals surface area contributed by atoms with Crippen molar-refractivity contribution < 1.29 is 0 Å². The number of nitriles is 1. The van der Waals surface area contributed by atoms with E-state index in [9.17, 15) is 0 Å². The van der Waals surface area contributed by atoms with Crippen molar-refractivity contribution in [2.45, 2.75) is 13.1 Å². The van der Waals surface area contributed by atoms with Crippen LogP contribution in [0.2, 0.25) is 0 Å². The van der Waals surface area contributed by atoms with Gasteiger partial charge in [-0.1, -0.05) is 42.5 Å². The topological polar surface area (TPSA) is 51.4 Å². The molecule has 0 atom stereocenters. The fourth-order valence-electron chi connectivity index (χ4n) is 2.20. The molecule has 22 heavy (non-hydrogen) atoms. The number of nitrogens with zero attached hydrogens (tertiary/aromatic N) is 3. The molecule has 112 valence electrons. The van der Waals surface area contributed by atoms with E-state index < -0.39 is 0 Å². The summed E-state index contributed by atoms with van der Waals surface area (Å²) in [5.41, 5.74) is 3.04. The van der Waals surface area contributed by atoms with Crippen molar-refractivity contribution in [3.8, 4) is 6.07 Å². The van der Waals surface area contributed by atoms with Crippen molar-refractivity contribution in [3.05, 3.63) is 71.3 Å². The lowest BCUT2D eigenvalue weighted by Crippen LogP contribution is -2.38. The molecular formula is C18H20N4. The Morgan fingerprint density at radius 1 is 1.09 bits per heavy atom. The number of rotatable bonds is 4. The van der Waals surface area contributed by atoms with Crippen LogP contribution >= 0.6 is 0 Å². The van der Waals surface area contributed by atoms with Crippen LogP contribution in [0.1, 0.15) is 16.7 Å². The fraction of sp³-hybridized carbons (Fsp3) is 0.222. The molecule has 0 fully saturated rings. The highest BCUT2D eigenvalue weighted by Crippen LogP contribution is 2.05. The Morgan fingerprint density at radius 3 is 2.36 bits per heavy atom. The first-order chi connectivity index (χ1) is 10.7. The molecular weight excluding hydrogens is 272 g/mol. The Hall–Kier alpha value is -2.80. The van der Waals surface area contributed by atoms with Crippen molar-refractivity contribution in [3.63, 3.8) is 0 Å². The van der Waals surface area contributed by atoms with Gasteiger partial charge in [-0.3, -0.25) is 4.99 Å². The fourth-order valence-corrected chi connectivity index (χ4v) is 2.20. The van der Waals surface area contributed by atoms with E-state index in [0.29, 0.717) is 12.1 Å². The summed E-state index contributed by atoms with van der Waals surface area (Å²) in [6.07, 6.45) is 0. The molecule has 2 aromatic carbocycles. The van der Waals surface area contributed by atoms with Crippen LogP contribution in [0.4, 0.5) is 0 Å². The van der Waals surface area contributed by atoms with E-state index in [-0.39, 0.29) is 0 Å². The van der Waals surface area contributed by atoms with Gasteiger partial charge in [-0.25, -0.2) is 0 Å². The first-order valence-electron chi connectivity index (χ1n) is 7.17. The molecule has 0 aliphatic rings. The highest BCUT2D eigenvalue weighted by atomic mass is 15.3. The predicted molar refractivity (Wildman–Crippen MR) is 89.3 cm³/mol. The summed E-state index contributed by atoms with van der Waals surface area (Å²) in [4.78, 5) is 6.39. The molecule has 2 rings (SSSR count). The van der Waals surface area contributed by atoms with Crippen molar-refractivity contribution in [1.82, 2.24) is 10.2 Å². The van der Waals surface area contributed by atoms with Gasteiger partial charge in [0.2, 0.25) is 0 Å². The standard InChI is InChI=1S/C18H20N4/c1-20-18(22(2)14-17-6-4-3-5-7-17)21-13-16-10-8-15(12-19)9-11-16/h3-11H,13-14H2,1-2H3,(H,20,21). The van der Waals surface area contributed by atoms with E-state index >= 15 is 0 Å². The minimum atomic E-state index is 0.675. The lowest BCUT2D eigenvalue weighted by molar-refractivity contribution is 0.476. The number of benzene rings is 2. The number of aliphatic imine (C=N–C) groups is 1. The largest absolute Gasteiger partial charge is 0.352 e. The van der Waals surface area contributed by atoms with Gasteiger partial charge >= 0.3 is 0 Å². The molecule has 1 N–H and O–H groups in total. The minimum absolute atomic E-state index is 0.675. The molecule has 0 heterocycles. The Kier molecular flexibility index (Phi) is 5.56. The van der Waals surface area contributed by atoms with Gasteiger partial charge in [0, 0.05) is 27.2 Å². The molecule has 2 aromatic rings. The maximum Gasteiger partial charge on any atom is 0.193 e. The van der Waals surface area contributed by atoms with Gasteiger partial charge in [0.1, 0.15) is 0 Å². The van der Waals surface area contributed by atoms with Crippen LogP contribution in [-0.2, 0) is 13.1 Å². The zero-order valence-corrected chi connectivity index (χ0v) is 13.0. The third-order valence-corrected chi connectivity index (χ3v) is 3.37. The van der Waals surface area contributed by atoms with E-state index in [0.717, 1.165) is 18.1 Å². The quantitative estimate of drug-likeness (QED) is 0.696. The van der Waals surface area contributed by atoms with Gasteiger partial charge in [0.25, 0.3) is 0 Å². The monoisotopic (exact) mass is 292 g/mol. The van der Waals surface area contributed by atoms with Crippen LogP contribution in [-0.4, -0.2) is 25.0 Å². The summed E-state index contributed by atoms with van der Waals surface area (Å²) in [6.45, 7) is 1.48. The minimum Gasteiger partial charge on any atom is -0.352 e. The van der Waals surface area contributed by atoms with E-state index in [4.69, 9.17) is 5.26 Å². The van der Waals surface area contributed by atoms with Crippen molar-refractivity contribution >= 4 is 5.96 Å². The number of hydrogen-bond donors (Lipinski definition) is 1. The average molecular weight is 292 g/mol. The highest BCUT2D eigenvalue weighted by Gasteiger charge is 2.06. The van der Waals surface area contributed by atoms with Crippen LogP contribution in [0.3, 0.4) is 0 Å². The van der Waals surface area contributed by atoms with Gasteiger partial charge < -0.3 is 10.2 Å². The molecule has 0 radical (unpaired) electrons. The third kappa shape index (κ3) is 4.35. The lowest BCUT2D eigenvalue weighted by Gasteiger charge is -2.22. The molecule has 0 aliphatic carbocycles. The molecule has 0 aliphatic heterocycles. The second-order valence-electron chi connectivity index (χ2n) is 5.05. The average Bonchev–Trinajstić information content (AvgIpc) is 2.57. The number of guanidine groups is 1. The second kappa shape index (κ2) is 7.84. The molecule has 0 spiro atoms. The van der Waals surface area contributed by atoms with Crippen LogP contribution in [0.15, 0.2) is 59.6 Å². The third-order valence-electron chi connectivity index (χ3n) is 3.37. The maximum absolute atomic E-state index is 8.81. The van der Waals surface area contributed by atoms with Gasteiger partial charge in [-0.05, 0) is 23.3 Å². The smallest absolute Gasteiger partial charge is 0.193 e. The van der Waals surface area contributed by atoms with Gasteiger partial charge in [-0.15, -0.1) is 0 Å². The van der Waals surface area contributed by atoms with Gasteiger partial charge in [0.15, 0.2) is 5.96 Å². The number of nitrogens with one attached hydrogen (secondary N) is 1. The zero-order valence-electron chi connectivity index (χ0n) is 13.0. The molecule has 0 saturated carbocycles. The summed E-state index contributed by atoms with van der Waals surface area (Å²) in [5.74, 6) is 0.841. The second-order valence-corrected chi connectivity index (χ2v) is 5.05.